The molecule has 18 heavy (non-hydrogen) atoms. The molecule has 1 aliphatic carbocycles. The SMILES string of the molecule is CC(C)C1CCCCC2C(CC(=S)N2C(C)C)C1. The van der Waals surface area contributed by atoms with Gasteiger partial charge in [0.05, 0.1) is 4.99 Å². The number of hydrogen-bond acceptors (Lipinski definition) is 1. The van der Waals surface area contributed by atoms with Crippen LogP contribution in [0.25, 0.3) is 0 Å². The topological polar surface area (TPSA) is 3.24 Å². The van der Waals surface area contributed by atoms with Gasteiger partial charge in [0.25, 0.3) is 0 Å². The molecule has 3 atom stereocenters. The Balaban J connectivity index is 2.12. The first-order valence-corrected chi connectivity index (χ1v) is 8.22. The summed E-state index contributed by atoms with van der Waals surface area (Å²) in [7, 11) is 0. The van der Waals surface area contributed by atoms with Gasteiger partial charge >= 0.3 is 0 Å². The van der Waals surface area contributed by atoms with Crippen LogP contribution in [0.3, 0.4) is 0 Å². The average molecular weight is 267 g/mol. The molecule has 1 heterocycles. The highest BCUT2D eigenvalue weighted by molar-refractivity contribution is 7.80. The second kappa shape index (κ2) is 5.90. The summed E-state index contributed by atoms with van der Waals surface area (Å²) in [6.45, 7) is 9.39. The molecule has 0 aromatic rings. The highest BCUT2D eigenvalue weighted by atomic mass is 32.1. The Kier molecular flexibility index (Phi) is 4.69. The summed E-state index contributed by atoms with van der Waals surface area (Å²) in [5.41, 5.74) is 0. The van der Waals surface area contributed by atoms with Gasteiger partial charge in [-0.2, -0.15) is 0 Å². The van der Waals surface area contributed by atoms with Crippen molar-refractivity contribution in [1.82, 2.24) is 4.90 Å². The molecule has 1 aliphatic heterocycles. The van der Waals surface area contributed by atoms with E-state index in [1.165, 1.54) is 43.5 Å². The van der Waals surface area contributed by atoms with Gasteiger partial charge in [-0.15, -0.1) is 0 Å². The van der Waals surface area contributed by atoms with Crippen LogP contribution in [0, 0.1) is 17.8 Å². The molecule has 0 radical (unpaired) electrons. The highest BCUT2D eigenvalue weighted by Crippen LogP contribution is 2.40. The van der Waals surface area contributed by atoms with E-state index in [2.05, 4.69) is 32.6 Å². The van der Waals surface area contributed by atoms with Gasteiger partial charge in [-0.25, -0.2) is 0 Å². The van der Waals surface area contributed by atoms with Crippen LogP contribution >= 0.6 is 12.2 Å². The van der Waals surface area contributed by atoms with Crippen molar-refractivity contribution in [2.75, 3.05) is 0 Å². The number of fused-ring (bicyclic) bond motifs is 1. The van der Waals surface area contributed by atoms with E-state index in [9.17, 15) is 0 Å². The van der Waals surface area contributed by atoms with Crippen molar-refractivity contribution in [3.8, 4) is 0 Å². The van der Waals surface area contributed by atoms with Crippen LogP contribution in [-0.4, -0.2) is 22.0 Å². The van der Waals surface area contributed by atoms with Gasteiger partial charge in [-0.3, -0.25) is 0 Å². The van der Waals surface area contributed by atoms with Crippen molar-refractivity contribution in [2.45, 2.75) is 78.3 Å². The molecule has 1 saturated carbocycles. The van der Waals surface area contributed by atoms with Crippen LogP contribution in [-0.2, 0) is 0 Å². The second-order valence-electron chi connectivity index (χ2n) is 6.95. The molecule has 2 rings (SSSR count). The Bertz CT molecular complexity index is 297. The molecule has 2 heteroatoms. The van der Waals surface area contributed by atoms with Crippen LogP contribution in [0.2, 0.25) is 0 Å². The molecule has 0 amide bonds. The van der Waals surface area contributed by atoms with Gasteiger partial charge in [0.1, 0.15) is 0 Å². The Morgan fingerprint density at radius 2 is 1.78 bits per heavy atom. The maximum absolute atomic E-state index is 5.65. The maximum Gasteiger partial charge on any atom is 0.0787 e. The van der Waals surface area contributed by atoms with Gasteiger partial charge in [-0.1, -0.05) is 45.3 Å². The molecule has 0 bridgehead atoms. The first-order chi connectivity index (χ1) is 8.50. The van der Waals surface area contributed by atoms with Crippen LogP contribution < -0.4 is 0 Å². The Hall–Kier alpha value is -0.110. The highest BCUT2D eigenvalue weighted by Gasteiger charge is 2.40. The molecule has 104 valence electrons. The summed E-state index contributed by atoms with van der Waals surface area (Å²) in [5.74, 6) is 2.60. The van der Waals surface area contributed by atoms with Crippen LogP contribution in [0.1, 0.15) is 66.2 Å². The predicted octanol–water partition coefficient (Wildman–Crippen LogP) is 4.65. The van der Waals surface area contributed by atoms with Gasteiger partial charge in [0.15, 0.2) is 0 Å². The molecule has 0 spiro atoms. The lowest BCUT2D eigenvalue weighted by Gasteiger charge is -2.36. The van der Waals surface area contributed by atoms with Crippen molar-refractivity contribution in [3.63, 3.8) is 0 Å². The van der Waals surface area contributed by atoms with Gasteiger partial charge in [-0.05, 0) is 44.4 Å². The fourth-order valence-corrected chi connectivity index (χ4v) is 4.60. The summed E-state index contributed by atoms with van der Waals surface area (Å²) >= 11 is 5.65. The van der Waals surface area contributed by atoms with Gasteiger partial charge < -0.3 is 4.90 Å². The maximum atomic E-state index is 5.65. The third-order valence-electron chi connectivity index (χ3n) is 5.06. The molecular weight excluding hydrogens is 238 g/mol. The second-order valence-corrected chi connectivity index (χ2v) is 7.42. The smallest absolute Gasteiger partial charge is 0.0787 e. The lowest BCUT2D eigenvalue weighted by molar-refractivity contribution is 0.165. The third-order valence-corrected chi connectivity index (χ3v) is 5.43. The standard InChI is InChI=1S/C16H29NS/c1-11(2)13-7-5-6-8-15-14(9-13)10-16(18)17(15)12(3)4/h11-15H,5-10H2,1-4H3. The molecule has 2 fully saturated rings. The van der Waals surface area contributed by atoms with E-state index < -0.39 is 0 Å². The average Bonchev–Trinajstić information content (AvgIpc) is 2.54. The minimum Gasteiger partial charge on any atom is -0.360 e. The van der Waals surface area contributed by atoms with E-state index in [4.69, 9.17) is 12.2 Å². The number of likely N-dealkylation sites (tertiary alicyclic amines) is 1. The quantitative estimate of drug-likeness (QED) is 0.670. The summed E-state index contributed by atoms with van der Waals surface area (Å²) in [4.78, 5) is 3.80. The van der Waals surface area contributed by atoms with Crippen molar-refractivity contribution in [3.05, 3.63) is 0 Å². The first-order valence-electron chi connectivity index (χ1n) is 7.81. The minimum atomic E-state index is 0.587. The summed E-state index contributed by atoms with van der Waals surface area (Å²) in [6, 6.07) is 1.34. The molecule has 1 nitrogen and oxygen atoms in total. The van der Waals surface area contributed by atoms with Crippen molar-refractivity contribution >= 4 is 17.2 Å². The molecule has 2 aliphatic rings. The van der Waals surface area contributed by atoms with E-state index >= 15 is 0 Å². The lowest BCUT2D eigenvalue weighted by Crippen LogP contribution is -2.40. The van der Waals surface area contributed by atoms with Gasteiger partial charge in [0.2, 0.25) is 0 Å². The van der Waals surface area contributed by atoms with Crippen LogP contribution in [0.4, 0.5) is 0 Å². The normalized spacial score (nSPS) is 33.8. The molecule has 0 aromatic carbocycles. The lowest BCUT2D eigenvalue weighted by atomic mass is 9.77. The zero-order chi connectivity index (χ0) is 13.3. The van der Waals surface area contributed by atoms with E-state index in [-0.39, 0.29) is 0 Å². The Labute approximate surface area is 118 Å². The Morgan fingerprint density at radius 3 is 2.39 bits per heavy atom. The molecule has 0 aromatic heterocycles. The zero-order valence-electron chi connectivity index (χ0n) is 12.5. The monoisotopic (exact) mass is 267 g/mol. The molecule has 3 unspecified atom stereocenters. The van der Waals surface area contributed by atoms with Crippen molar-refractivity contribution < 1.29 is 0 Å². The molecule has 0 N–H and O–H groups in total. The molecule has 1 saturated heterocycles. The van der Waals surface area contributed by atoms with E-state index in [0.717, 1.165) is 23.8 Å². The van der Waals surface area contributed by atoms with Crippen LogP contribution in [0.15, 0.2) is 0 Å². The number of nitrogens with zero attached hydrogens (tertiary/aromatic N) is 1. The summed E-state index contributed by atoms with van der Waals surface area (Å²) in [6.07, 6.45) is 8.22. The van der Waals surface area contributed by atoms with Crippen LogP contribution in [0.5, 0.6) is 0 Å². The molecular formula is C16H29NS. The number of hydrogen-bond donors (Lipinski definition) is 0. The van der Waals surface area contributed by atoms with Crippen molar-refractivity contribution in [2.24, 2.45) is 17.8 Å². The van der Waals surface area contributed by atoms with Crippen molar-refractivity contribution in [1.29, 1.82) is 0 Å². The van der Waals surface area contributed by atoms with Gasteiger partial charge in [0, 0.05) is 18.5 Å². The minimum absolute atomic E-state index is 0.587. The largest absolute Gasteiger partial charge is 0.360 e. The first kappa shape index (κ1) is 14.3. The summed E-state index contributed by atoms with van der Waals surface area (Å²) < 4.78 is 0. The van der Waals surface area contributed by atoms with E-state index in [0.29, 0.717) is 6.04 Å². The number of thiocarbonyl (C=S) groups is 1. The zero-order valence-corrected chi connectivity index (χ0v) is 13.3. The third kappa shape index (κ3) is 2.89. The van der Waals surface area contributed by atoms with E-state index in [1.54, 1.807) is 0 Å². The fourth-order valence-electron chi connectivity index (χ4n) is 4.04. The predicted molar refractivity (Wildman–Crippen MR) is 82.9 cm³/mol. The fraction of sp³-hybridized carbons (Fsp3) is 0.938. The number of rotatable bonds is 2. The summed E-state index contributed by atoms with van der Waals surface area (Å²) in [5, 5.41) is 0. The van der Waals surface area contributed by atoms with E-state index in [1.807, 2.05) is 0 Å². The Morgan fingerprint density at radius 1 is 1.11 bits per heavy atom.